The summed E-state index contributed by atoms with van der Waals surface area (Å²) in [6.45, 7) is 13.7. The lowest BCUT2D eigenvalue weighted by Gasteiger charge is -2.43. The number of aromatic nitrogens is 4. The predicted octanol–water partition coefficient (Wildman–Crippen LogP) is 3.31. The first kappa shape index (κ1) is 34.8. The zero-order valence-corrected chi connectivity index (χ0v) is 30.4. The minimum absolute atomic E-state index is 0.0571. The molecule has 3 aliphatic heterocycles. The Morgan fingerprint density at radius 2 is 1.87 bits per heavy atom. The molecule has 2 fully saturated rings. The van der Waals surface area contributed by atoms with Crippen LogP contribution >= 0.6 is 0 Å². The molecule has 0 bridgehead atoms. The van der Waals surface area contributed by atoms with Gasteiger partial charge >= 0.3 is 0 Å². The number of carbonyl (C=O) groups is 2. The minimum Gasteiger partial charge on any atom is -0.392 e. The number of rotatable bonds is 9. The van der Waals surface area contributed by atoms with E-state index in [1.54, 1.807) is 36.5 Å². The number of carbonyl (C=O) groups excluding carboxylic acids is 2. The molecule has 2 saturated heterocycles. The van der Waals surface area contributed by atoms with Gasteiger partial charge in [-0.1, -0.05) is 20.4 Å². The first-order valence-electron chi connectivity index (χ1n) is 18.1. The molecule has 276 valence electrons. The number of hydrogen-bond donors (Lipinski definition) is 3. The molecule has 4 aliphatic rings. The Bertz CT molecular complexity index is 2180. The summed E-state index contributed by atoms with van der Waals surface area (Å²) < 4.78 is 8.95. The molecule has 0 radical (unpaired) electrons. The molecule has 53 heavy (non-hydrogen) atoms. The van der Waals surface area contributed by atoms with Crippen LogP contribution in [0, 0.1) is 5.41 Å². The Morgan fingerprint density at radius 3 is 2.58 bits per heavy atom. The van der Waals surface area contributed by atoms with Gasteiger partial charge in [0.05, 0.1) is 42.9 Å². The Morgan fingerprint density at radius 1 is 1.08 bits per heavy atom. The molecule has 4 aromatic rings. The lowest BCUT2D eigenvalue weighted by Crippen LogP contribution is -2.56. The van der Waals surface area contributed by atoms with Gasteiger partial charge in [0.2, 0.25) is 5.91 Å². The summed E-state index contributed by atoms with van der Waals surface area (Å²) in [5.41, 5.74) is 6.33. The van der Waals surface area contributed by atoms with Crippen LogP contribution in [0.3, 0.4) is 0 Å². The van der Waals surface area contributed by atoms with Gasteiger partial charge in [-0.15, -0.1) is 0 Å². The van der Waals surface area contributed by atoms with Crippen LogP contribution in [-0.4, -0.2) is 92.9 Å². The van der Waals surface area contributed by atoms with Crippen molar-refractivity contribution < 1.29 is 19.4 Å². The first-order valence-corrected chi connectivity index (χ1v) is 18.1. The maximum atomic E-state index is 13.9. The highest BCUT2D eigenvalue weighted by Crippen LogP contribution is 2.40. The van der Waals surface area contributed by atoms with E-state index in [1.165, 1.54) is 21.9 Å². The van der Waals surface area contributed by atoms with E-state index < -0.39 is 6.61 Å². The van der Waals surface area contributed by atoms with Crippen molar-refractivity contribution in [2.24, 2.45) is 12.5 Å². The van der Waals surface area contributed by atoms with Crippen molar-refractivity contribution in [1.29, 1.82) is 0 Å². The smallest absolute Gasteiger partial charge is 0.293 e. The molecule has 8 rings (SSSR count). The third-order valence-corrected chi connectivity index (χ3v) is 10.9. The van der Waals surface area contributed by atoms with E-state index in [4.69, 9.17) is 9.72 Å². The lowest BCUT2D eigenvalue weighted by atomic mass is 9.90. The summed E-state index contributed by atoms with van der Waals surface area (Å²) >= 11 is 0. The van der Waals surface area contributed by atoms with Gasteiger partial charge in [0.25, 0.3) is 11.5 Å². The maximum Gasteiger partial charge on any atom is 0.293 e. The Labute approximate surface area is 307 Å². The van der Waals surface area contributed by atoms with Crippen LogP contribution in [-0.2, 0) is 42.6 Å². The van der Waals surface area contributed by atoms with Gasteiger partial charge in [0.15, 0.2) is 5.82 Å². The summed E-state index contributed by atoms with van der Waals surface area (Å²) in [4.78, 5) is 55.5. The molecule has 3 N–H and O–H groups in total. The van der Waals surface area contributed by atoms with Gasteiger partial charge in [0.1, 0.15) is 11.5 Å². The van der Waals surface area contributed by atoms with Crippen molar-refractivity contribution in [3.63, 3.8) is 0 Å². The van der Waals surface area contributed by atoms with E-state index in [2.05, 4.69) is 50.4 Å². The summed E-state index contributed by atoms with van der Waals surface area (Å²) in [5.74, 6) is -0.0749. The zero-order valence-electron chi connectivity index (χ0n) is 30.4. The van der Waals surface area contributed by atoms with Crippen LogP contribution in [0.25, 0.3) is 11.3 Å². The highest BCUT2D eigenvalue weighted by Gasteiger charge is 2.38. The van der Waals surface area contributed by atoms with Crippen molar-refractivity contribution in [3.8, 4) is 11.3 Å². The number of nitrogens with one attached hydrogen (secondary N) is 2. The number of aryl methyl sites for hydroxylation is 1. The second-order valence-electron chi connectivity index (χ2n) is 15.1. The summed E-state index contributed by atoms with van der Waals surface area (Å²) in [6.07, 6.45) is 6.30. The molecule has 0 atom stereocenters. The van der Waals surface area contributed by atoms with Gasteiger partial charge in [-0.05, 0) is 60.2 Å². The van der Waals surface area contributed by atoms with Crippen LogP contribution in [0.1, 0.15) is 41.2 Å². The Balaban J connectivity index is 1.08. The monoisotopic (exact) mass is 719 g/mol. The van der Waals surface area contributed by atoms with Gasteiger partial charge in [-0.3, -0.25) is 24.2 Å². The fraction of sp³-hybridized carbons (Fsp3) is 0.410. The molecule has 14 nitrogen and oxygen atoms in total. The molecule has 1 aromatic carbocycles. The van der Waals surface area contributed by atoms with E-state index in [-0.39, 0.29) is 28.6 Å². The number of anilines is 5. The second kappa shape index (κ2) is 13.6. The largest absolute Gasteiger partial charge is 0.392 e. The molecular formula is C39H45N9O5. The normalized spacial score (nSPS) is 18.4. The van der Waals surface area contributed by atoms with E-state index in [0.29, 0.717) is 58.8 Å². The number of ether oxygens (including phenoxy) is 1. The quantitative estimate of drug-likeness (QED) is 0.220. The maximum absolute atomic E-state index is 13.9. The van der Waals surface area contributed by atoms with Crippen molar-refractivity contribution in [2.45, 2.75) is 45.9 Å². The van der Waals surface area contributed by atoms with Crippen LogP contribution in [0.15, 0.2) is 60.2 Å². The standard InChI is InChI=1S/C39H45N9O5/c1-5-34(50)42-29-17-25(6-7-31(29)46-12-10-45(11-13-46)26-22-53-23-26)41-35-38(52)44(4)20-30(43-35)27-8-9-40-36(28(27)21-49)48-15-14-47-32(37(48)51)16-24-18-39(2,3)19-33(24)47/h5-9,16-17,20,26,49H,1,10-15,18-19,21-23H2,2-4H3,(H,41,43)(H,42,50). The molecule has 1 aliphatic carbocycles. The van der Waals surface area contributed by atoms with Crippen molar-refractivity contribution >= 4 is 40.5 Å². The Hall–Kier alpha value is -5.31. The van der Waals surface area contributed by atoms with E-state index in [9.17, 15) is 19.5 Å². The molecular weight excluding hydrogens is 674 g/mol. The number of amides is 2. The van der Waals surface area contributed by atoms with Crippen LogP contribution in [0.5, 0.6) is 0 Å². The summed E-state index contributed by atoms with van der Waals surface area (Å²) in [5, 5.41) is 16.8. The molecule has 0 saturated carbocycles. The van der Waals surface area contributed by atoms with Gasteiger partial charge < -0.3 is 34.5 Å². The van der Waals surface area contributed by atoms with Gasteiger partial charge in [-0.25, -0.2) is 9.97 Å². The Kier molecular flexibility index (Phi) is 8.91. The van der Waals surface area contributed by atoms with Crippen molar-refractivity contribution in [2.75, 3.05) is 66.4 Å². The van der Waals surface area contributed by atoms with Gasteiger partial charge in [-0.2, -0.15) is 0 Å². The zero-order chi connectivity index (χ0) is 37.0. The highest BCUT2D eigenvalue weighted by atomic mass is 16.5. The molecule has 0 spiro atoms. The molecule has 2 amide bonds. The number of piperazine rings is 1. The number of fused-ring (bicyclic) bond motifs is 3. The number of benzene rings is 1. The molecule has 3 aromatic heterocycles. The third-order valence-electron chi connectivity index (χ3n) is 10.9. The number of pyridine rings is 1. The average molecular weight is 720 g/mol. The fourth-order valence-electron chi connectivity index (χ4n) is 8.11. The lowest BCUT2D eigenvalue weighted by molar-refractivity contribution is -0.111. The predicted molar refractivity (Wildman–Crippen MR) is 203 cm³/mol. The van der Waals surface area contributed by atoms with Crippen LogP contribution in [0.2, 0.25) is 0 Å². The van der Waals surface area contributed by atoms with E-state index in [0.717, 1.165) is 57.9 Å². The summed E-state index contributed by atoms with van der Waals surface area (Å²) in [7, 11) is 1.64. The molecule has 6 heterocycles. The topological polar surface area (TPSA) is 150 Å². The van der Waals surface area contributed by atoms with Gasteiger partial charge in [0, 0.05) is 81.2 Å². The highest BCUT2D eigenvalue weighted by molar-refractivity contribution is 6.06. The number of nitrogens with zero attached hydrogens (tertiary/aromatic N) is 7. The first-order chi connectivity index (χ1) is 25.5. The third kappa shape index (κ3) is 6.40. The van der Waals surface area contributed by atoms with Crippen molar-refractivity contribution in [3.05, 3.63) is 88.2 Å². The average Bonchev–Trinajstić information content (AvgIpc) is 3.61. The van der Waals surface area contributed by atoms with E-state index in [1.807, 2.05) is 18.2 Å². The summed E-state index contributed by atoms with van der Waals surface area (Å²) in [6, 6.07) is 9.79. The van der Waals surface area contributed by atoms with E-state index >= 15 is 0 Å². The SMILES string of the molecule is C=CC(=O)Nc1cc(Nc2nc(-c3ccnc(N4CCn5c(cc6c5CC(C)(C)C6)C4=O)c3CO)cn(C)c2=O)ccc1N1CCN(C2COC2)CC1. The minimum atomic E-state index is -0.391. The number of aliphatic hydroxyl groups is 1. The van der Waals surface area contributed by atoms with Crippen LogP contribution in [0.4, 0.5) is 28.7 Å². The van der Waals surface area contributed by atoms with Crippen LogP contribution < -0.4 is 26.0 Å². The fourth-order valence-corrected chi connectivity index (χ4v) is 8.11. The number of hydrogen-bond acceptors (Lipinski definition) is 10. The second-order valence-corrected chi connectivity index (χ2v) is 15.1. The molecule has 14 heteroatoms. The molecule has 0 unspecified atom stereocenters. The number of aliphatic hydroxyl groups excluding tert-OH is 1. The van der Waals surface area contributed by atoms with Crippen molar-refractivity contribution in [1.82, 2.24) is 24.0 Å².